The lowest BCUT2D eigenvalue weighted by Crippen LogP contribution is -2.51. The van der Waals surface area contributed by atoms with Crippen LogP contribution >= 0.6 is 0 Å². The Morgan fingerprint density at radius 3 is 2.39 bits per heavy atom. The maximum absolute atomic E-state index is 11.9. The summed E-state index contributed by atoms with van der Waals surface area (Å²) in [6, 6.07) is -0.850. The van der Waals surface area contributed by atoms with Gasteiger partial charge in [0.2, 0.25) is 5.91 Å². The van der Waals surface area contributed by atoms with Crippen molar-refractivity contribution in [3.8, 4) is 0 Å². The first kappa shape index (κ1) is 14.7. The van der Waals surface area contributed by atoms with Gasteiger partial charge in [-0.1, -0.05) is 20.8 Å². The predicted octanol–water partition coefficient (Wildman–Crippen LogP) is 1.06. The molecule has 0 saturated heterocycles. The minimum Gasteiger partial charge on any atom is -0.467 e. The molecule has 0 spiro atoms. The van der Waals surface area contributed by atoms with Crippen LogP contribution in [0.3, 0.4) is 0 Å². The molecular weight excluding hydrogens is 234 g/mol. The molecule has 0 aliphatic heterocycles. The second-order valence-electron chi connectivity index (χ2n) is 5.69. The van der Waals surface area contributed by atoms with E-state index in [9.17, 15) is 14.4 Å². The fourth-order valence-corrected chi connectivity index (χ4v) is 2.00. The Morgan fingerprint density at radius 2 is 2.00 bits per heavy atom. The number of Topliss-reactive ketones (excluding diaryl/α,β-unsaturated/α-hetero) is 1. The second-order valence-corrected chi connectivity index (χ2v) is 5.69. The zero-order valence-corrected chi connectivity index (χ0v) is 11.4. The van der Waals surface area contributed by atoms with Crippen molar-refractivity contribution in [1.82, 2.24) is 5.32 Å². The van der Waals surface area contributed by atoms with E-state index in [1.807, 2.05) is 0 Å². The summed E-state index contributed by atoms with van der Waals surface area (Å²) in [5.41, 5.74) is -0.603. The van der Waals surface area contributed by atoms with E-state index in [1.54, 1.807) is 20.8 Å². The van der Waals surface area contributed by atoms with Crippen LogP contribution in [0.2, 0.25) is 0 Å². The third-order valence-electron chi connectivity index (χ3n) is 3.18. The van der Waals surface area contributed by atoms with Gasteiger partial charge in [0.15, 0.2) is 0 Å². The molecule has 1 N–H and O–H groups in total. The summed E-state index contributed by atoms with van der Waals surface area (Å²) in [6.45, 7) is 5.27. The zero-order valence-electron chi connectivity index (χ0n) is 11.4. The number of carbonyl (C=O) groups is 3. The van der Waals surface area contributed by atoms with Crippen molar-refractivity contribution in [2.45, 2.75) is 46.1 Å². The van der Waals surface area contributed by atoms with E-state index in [-0.39, 0.29) is 11.7 Å². The van der Waals surface area contributed by atoms with Crippen LogP contribution in [0, 0.1) is 11.3 Å². The maximum Gasteiger partial charge on any atom is 0.329 e. The molecule has 1 aliphatic rings. The van der Waals surface area contributed by atoms with Crippen LogP contribution in [0.15, 0.2) is 0 Å². The number of hydrogen-bond donors (Lipinski definition) is 1. The zero-order chi connectivity index (χ0) is 13.9. The van der Waals surface area contributed by atoms with Crippen LogP contribution in [0.1, 0.15) is 40.0 Å². The van der Waals surface area contributed by atoms with Crippen LogP contribution in [0.25, 0.3) is 0 Å². The molecule has 18 heavy (non-hydrogen) atoms. The van der Waals surface area contributed by atoms with E-state index >= 15 is 0 Å². The topological polar surface area (TPSA) is 72.5 Å². The number of carbonyl (C=O) groups excluding carboxylic acids is 3. The number of esters is 1. The molecule has 0 aromatic carbocycles. The van der Waals surface area contributed by atoms with Crippen molar-refractivity contribution >= 4 is 17.7 Å². The smallest absolute Gasteiger partial charge is 0.329 e. The lowest BCUT2D eigenvalue weighted by molar-refractivity contribution is -0.149. The maximum atomic E-state index is 11.9. The van der Waals surface area contributed by atoms with Gasteiger partial charge >= 0.3 is 5.97 Å². The predicted molar refractivity (Wildman–Crippen MR) is 65.7 cm³/mol. The largest absolute Gasteiger partial charge is 0.467 e. The average molecular weight is 255 g/mol. The summed E-state index contributed by atoms with van der Waals surface area (Å²) in [7, 11) is 1.26. The van der Waals surface area contributed by atoms with Gasteiger partial charge < -0.3 is 10.1 Å². The number of methoxy groups -OCH3 is 1. The number of ketones is 1. The van der Waals surface area contributed by atoms with E-state index in [1.165, 1.54) is 7.11 Å². The molecule has 0 bridgehead atoms. The minimum absolute atomic E-state index is 0.0274. The van der Waals surface area contributed by atoms with Crippen molar-refractivity contribution in [3.63, 3.8) is 0 Å². The number of rotatable bonds is 3. The Hall–Kier alpha value is -1.39. The molecule has 0 aromatic heterocycles. The molecule has 0 heterocycles. The number of nitrogens with one attached hydrogen (secondary N) is 1. The Balaban J connectivity index is 2.83. The highest BCUT2D eigenvalue weighted by Gasteiger charge is 2.39. The second kappa shape index (κ2) is 5.50. The standard InChI is InChI=1S/C13H21NO4/c1-13(2,3)12(17)14-10(11(16)18-4)8-6-5-7-9(8)15/h8,10H,5-7H2,1-4H3,(H,14,17). The summed E-state index contributed by atoms with van der Waals surface area (Å²) in [4.78, 5) is 35.4. The molecule has 2 unspecified atom stereocenters. The van der Waals surface area contributed by atoms with Crippen LogP contribution in [-0.4, -0.2) is 30.8 Å². The Bertz CT molecular complexity index is 356. The van der Waals surface area contributed by atoms with E-state index in [2.05, 4.69) is 10.1 Å². The van der Waals surface area contributed by atoms with E-state index in [0.29, 0.717) is 12.8 Å². The normalized spacial score (nSPS) is 21.6. The summed E-state index contributed by atoms with van der Waals surface area (Å²) in [5.74, 6) is -1.21. The molecule has 1 saturated carbocycles. The summed E-state index contributed by atoms with van der Waals surface area (Å²) >= 11 is 0. The van der Waals surface area contributed by atoms with Gasteiger partial charge in [-0.3, -0.25) is 9.59 Å². The quantitative estimate of drug-likeness (QED) is 0.765. The van der Waals surface area contributed by atoms with Crippen molar-refractivity contribution in [3.05, 3.63) is 0 Å². The highest BCUT2D eigenvalue weighted by Crippen LogP contribution is 2.26. The highest BCUT2D eigenvalue weighted by atomic mass is 16.5. The van der Waals surface area contributed by atoms with Crippen LogP contribution < -0.4 is 5.32 Å². The Kier molecular flexibility index (Phi) is 4.48. The third-order valence-corrected chi connectivity index (χ3v) is 3.18. The molecular formula is C13H21NO4. The Morgan fingerprint density at radius 1 is 1.39 bits per heavy atom. The van der Waals surface area contributed by atoms with Crippen molar-refractivity contribution in [1.29, 1.82) is 0 Å². The summed E-state index contributed by atoms with van der Waals surface area (Å²) in [6.07, 6.45) is 1.87. The molecule has 1 aliphatic carbocycles. The first-order valence-electron chi connectivity index (χ1n) is 6.19. The van der Waals surface area contributed by atoms with E-state index in [0.717, 1.165) is 6.42 Å². The highest BCUT2D eigenvalue weighted by molar-refractivity contribution is 5.93. The average Bonchev–Trinajstić information content (AvgIpc) is 2.69. The molecule has 0 aromatic rings. The first-order chi connectivity index (χ1) is 8.27. The lowest BCUT2D eigenvalue weighted by atomic mass is 9.92. The van der Waals surface area contributed by atoms with E-state index < -0.39 is 23.3 Å². The fraction of sp³-hybridized carbons (Fsp3) is 0.769. The van der Waals surface area contributed by atoms with Gasteiger partial charge in [0.1, 0.15) is 11.8 Å². The summed E-state index contributed by atoms with van der Waals surface area (Å²) in [5, 5.41) is 2.65. The van der Waals surface area contributed by atoms with Crippen LogP contribution in [0.5, 0.6) is 0 Å². The molecule has 1 rings (SSSR count). The monoisotopic (exact) mass is 255 g/mol. The molecule has 5 nitrogen and oxygen atoms in total. The minimum atomic E-state index is -0.850. The van der Waals surface area contributed by atoms with Gasteiger partial charge in [0.25, 0.3) is 0 Å². The van der Waals surface area contributed by atoms with Gasteiger partial charge in [-0.2, -0.15) is 0 Å². The van der Waals surface area contributed by atoms with Crippen LogP contribution in [-0.2, 0) is 19.1 Å². The summed E-state index contributed by atoms with van der Waals surface area (Å²) < 4.78 is 4.68. The fourth-order valence-electron chi connectivity index (χ4n) is 2.00. The van der Waals surface area contributed by atoms with Gasteiger partial charge in [-0.05, 0) is 12.8 Å². The van der Waals surface area contributed by atoms with Crippen LogP contribution in [0.4, 0.5) is 0 Å². The third kappa shape index (κ3) is 3.31. The Labute approximate surface area is 107 Å². The SMILES string of the molecule is COC(=O)C(NC(=O)C(C)(C)C)C1CCCC1=O. The van der Waals surface area contributed by atoms with Gasteiger partial charge in [-0.15, -0.1) is 0 Å². The molecule has 102 valence electrons. The molecule has 1 fully saturated rings. The van der Waals surface area contributed by atoms with Gasteiger partial charge in [0.05, 0.1) is 7.11 Å². The first-order valence-corrected chi connectivity index (χ1v) is 6.19. The van der Waals surface area contributed by atoms with Crippen molar-refractivity contribution in [2.24, 2.45) is 11.3 Å². The number of amides is 1. The molecule has 5 heteroatoms. The molecule has 0 radical (unpaired) electrons. The number of ether oxygens (including phenoxy) is 1. The van der Waals surface area contributed by atoms with E-state index in [4.69, 9.17) is 0 Å². The molecule has 1 amide bonds. The van der Waals surface area contributed by atoms with Gasteiger partial charge in [-0.25, -0.2) is 4.79 Å². The lowest BCUT2D eigenvalue weighted by Gasteiger charge is -2.25. The number of hydrogen-bond acceptors (Lipinski definition) is 4. The van der Waals surface area contributed by atoms with Gasteiger partial charge in [0, 0.05) is 17.8 Å². The van der Waals surface area contributed by atoms with Crippen molar-refractivity contribution < 1.29 is 19.1 Å². The molecule has 2 atom stereocenters. The van der Waals surface area contributed by atoms with Crippen molar-refractivity contribution in [2.75, 3.05) is 7.11 Å².